The third-order valence-corrected chi connectivity index (χ3v) is 4.21. The molecule has 0 spiro atoms. The first kappa shape index (κ1) is 14.9. The van der Waals surface area contributed by atoms with Crippen LogP contribution >= 0.6 is 0 Å². The van der Waals surface area contributed by atoms with E-state index in [0.717, 1.165) is 30.4 Å². The van der Waals surface area contributed by atoms with Crippen LogP contribution in [0.25, 0.3) is 5.95 Å². The van der Waals surface area contributed by atoms with Crippen molar-refractivity contribution < 1.29 is 0 Å². The summed E-state index contributed by atoms with van der Waals surface area (Å²) in [6.07, 6.45) is 10.6. The van der Waals surface area contributed by atoms with Crippen LogP contribution in [0.1, 0.15) is 63.5 Å². The Balaban J connectivity index is 1.91. The van der Waals surface area contributed by atoms with Crippen molar-refractivity contribution in [2.24, 2.45) is 7.05 Å². The van der Waals surface area contributed by atoms with Gasteiger partial charge in [0.2, 0.25) is 5.95 Å². The molecule has 0 aromatic carbocycles. The quantitative estimate of drug-likeness (QED) is 0.796. The Morgan fingerprint density at radius 1 is 1.32 bits per heavy atom. The molecular formula is C16H24N6. The fraction of sp³-hybridized carbons (Fsp3) is 0.625. The van der Waals surface area contributed by atoms with Crippen LogP contribution in [-0.4, -0.2) is 29.5 Å². The Bertz CT molecular complexity index is 656. The molecule has 118 valence electrons. The zero-order valence-corrected chi connectivity index (χ0v) is 13.7. The summed E-state index contributed by atoms with van der Waals surface area (Å²) < 4.78 is 3.62. The van der Waals surface area contributed by atoms with E-state index in [4.69, 9.17) is 10.1 Å². The molecular weight excluding hydrogens is 276 g/mol. The Hall–Kier alpha value is -1.98. The van der Waals surface area contributed by atoms with Crippen LogP contribution in [0, 0.1) is 0 Å². The minimum absolute atomic E-state index is 0.511. The predicted octanol–water partition coefficient (Wildman–Crippen LogP) is 2.95. The van der Waals surface area contributed by atoms with Crippen molar-refractivity contribution in [3.8, 4) is 5.95 Å². The van der Waals surface area contributed by atoms with Gasteiger partial charge in [-0.15, -0.1) is 5.10 Å². The third-order valence-electron chi connectivity index (χ3n) is 4.21. The van der Waals surface area contributed by atoms with Crippen LogP contribution in [-0.2, 0) is 13.5 Å². The van der Waals surface area contributed by atoms with Gasteiger partial charge in [-0.2, -0.15) is 14.8 Å². The predicted molar refractivity (Wildman–Crippen MR) is 84.9 cm³/mol. The molecule has 0 amide bonds. The van der Waals surface area contributed by atoms with Gasteiger partial charge in [-0.1, -0.05) is 24.5 Å². The van der Waals surface area contributed by atoms with Gasteiger partial charge < -0.3 is 0 Å². The van der Waals surface area contributed by atoms with Crippen LogP contribution < -0.4 is 0 Å². The van der Waals surface area contributed by atoms with E-state index in [1.54, 1.807) is 11.0 Å². The Morgan fingerprint density at radius 2 is 2.09 bits per heavy atom. The molecule has 0 N–H and O–H groups in total. The first-order chi connectivity index (χ1) is 10.6. The minimum atomic E-state index is 0.511. The lowest BCUT2D eigenvalue weighted by Crippen LogP contribution is -2.10. The van der Waals surface area contributed by atoms with Gasteiger partial charge in [0.1, 0.15) is 12.2 Å². The lowest BCUT2D eigenvalue weighted by Gasteiger charge is -2.03. The first-order valence-electron chi connectivity index (χ1n) is 8.08. The summed E-state index contributed by atoms with van der Waals surface area (Å²) in [5.41, 5.74) is 1.33. The zero-order valence-electron chi connectivity index (χ0n) is 13.7. The second-order valence-electron chi connectivity index (χ2n) is 6.28. The molecule has 0 saturated heterocycles. The molecule has 0 aliphatic heterocycles. The van der Waals surface area contributed by atoms with Crippen molar-refractivity contribution in [2.45, 2.75) is 58.3 Å². The Kier molecular flexibility index (Phi) is 4.36. The highest BCUT2D eigenvalue weighted by Gasteiger charge is 2.24. The normalized spacial score (nSPS) is 15.4. The number of rotatable bonds is 5. The number of hydrogen-bond acceptors (Lipinski definition) is 4. The largest absolute Gasteiger partial charge is 0.250 e. The number of hydrogen-bond donors (Lipinski definition) is 0. The molecule has 6 nitrogen and oxygen atoms in total. The summed E-state index contributed by atoms with van der Waals surface area (Å²) >= 11 is 0. The number of nitrogens with zero attached hydrogens (tertiary/aromatic N) is 6. The van der Waals surface area contributed by atoms with E-state index in [-0.39, 0.29) is 0 Å². The number of aryl methyl sites for hydroxylation is 2. The topological polar surface area (TPSA) is 61.4 Å². The second-order valence-corrected chi connectivity index (χ2v) is 6.28. The second kappa shape index (κ2) is 6.42. The van der Waals surface area contributed by atoms with Gasteiger partial charge in [-0.25, -0.2) is 9.67 Å². The van der Waals surface area contributed by atoms with Gasteiger partial charge in [-0.05, 0) is 33.1 Å². The smallest absolute Gasteiger partial charge is 0.233 e. The lowest BCUT2D eigenvalue weighted by molar-refractivity contribution is 0.635. The molecule has 22 heavy (non-hydrogen) atoms. The Morgan fingerprint density at radius 3 is 2.73 bits per heavy atom. The average molecular weight is 300 g/mol. The van der Waals surface area contributed by atoms with Crippen molar-refractivity contribution in [3.63, 3.8) is 0 Å². The van der Waals surface area contributed by atoms with Crippen molar-refractivity contribution in [3.05, 3.63) is 29.6 Å². The summed E-state index contributed by atoms with van der Waals surface area (Å²) in [5, 5.41) is 8.91. The number of aromatic nitrogens is 6. The van der Waals surface area contributed by atoms with Gasteiger partial charge in [0.25, 0.3) is 0 Å². The molecule has 0 atom stereocenters. The molecule has 0 radical (unpaired) electrons. The molecule has 0 unspecified atom stereocenters. The van der Waals surface area contributed by atoms with E-state index >= 15 is 0 Å². The maximum Gasteiger partial charge on any atom is 0.250 e. The average Bonchev–Trinajstić information content (AvgIpc) is 3.17. The molecule has 1 aliphatic rings. The van der Waals surface area contributed by atoms with Gasteiger partial charge >= 0.3 is 0 Å². The summed E-state index contributed by atoms with van der Waals surface area (Å²) in [6, 6.07) is 0. The molecule has 6 heteroatoms. The molecule has 3 rings (SSSR count). The standard InChI is InChI=1S/C16H24N6/c1-12(2)7-6-10-14-19-15(13-8-4-5-9-13)20-22(14)16-17-11-18-21(16)3/h7,11,13H,4-6,8-10H2,1-3H3. The van der Waals surface area contributed by atoms with E-state index in [1.165, 1.54) is 31.3 Å². The molecule has 1 aliphatic carbocycles. The maximum atomic E-state index is 4.83. The summed E-state index contributed by atoms with van der Waals surface area (Å²) in [6.45, 7) is 4.24. The highest BCUT2D eigenvalue weighted by molar-refractivity contribution is 5.14. The van der Waals surface area contributed by atoms with E-state index in [2.05, 4.69) is 30.0 Å². The molecule has 2 aromatic rings. The number of allylic oxidation sites excluding steroid dienone is 2. The van der Waals surface area contributed by atoms with Crippen molar-refractivity contribution in [1.82, 2.24) is 29.5 Å². The van der Waals surface area contributed by atoms with Gasteiger partial charge in [0, 0.05) is 19.4 Å². The first-order valence-corrected chi connectivity index (χ1v) is 8.08. The highest BCUT2D eigenvalue weighted by Crippen LogP contribution is 2.32. The maximum absolute atomic E-state index is 4.83. The van der Waals surface area contributed by atoms with Crippen molar-refractivity contribution in [2.75, 3.05) is 0 Å². The highest BCUT2D eigenvalue weighted by atomic mass is 15.5. The summed E-state index contributed by atoms with van der Waals surface area (Å²) in [5.74, 6) is 3.21. The minimum Gasteiger partial charge on any atom is -0.233 e. The van der Waals surface area contributed by atoms with Crippen LogP contribution in [0.3, 0.4) is 0 Å². The van der Waals surface area contributed by atoms with Crippen LogP contribution in [0.15, 0.2) is 18.0 Å². The van der Waals surface area contributed by atoms with E-state index in [1.807, 2.05) is 11.7 Å². The van der Waals surface area contributed by atoms with Gasteiger partial charge in [-0.3, -0.25) is 0 Å². The summed E-state index contributed by atoms with van der Waals surface area (Å²) in [7, 11) is 1.89. The molecule has 1 saturated carbocycles. The lowest BCUT2D eigenvalue weighted by atomic mass is 10.1. The third kappa shape index (κ3) is 3.10. The SMILES string of the molecule is CC(C)=CCCc1nc(C2CCCC2)nn1-c1ncnn1C. The monoisotopic (exact) mass is 300 g/mol. The molecule has 2 aromatic heterocycles. The van der Waals surface area contributed by atoms with Crippen LogP contribution in [0.4, 0.5) is 0 Å². The summed E-state index contributed by atoms with van der Waals surface area (Å²) in [4.78, 5) is 9.15. The molecule has 0 bridgehead atoms. The molecule has 1 fully saturated rings. The van der Waals surface area contributed by atoms with E-state index in [9.17, 15) is 0 Å². The fourth-order valence-corrected chi connectivity index (χ4v) is 3.01. The van der Waals surface area contributed by atoms with Gasteiger partial charge in [0.15, 0.2) is 5.82 Å². The Labute approximate surface area is 131 Å². The van der Waals surface area contributed by atoms with Crippen molar-refractivity contribution in [1.29, 1.82) is 0 Å². The van der Waals surface area contributed by atoms with E-state index < -0.39 is 0 Å². The molecule has 2 heterocycles. The van der Waals surface area contributed by atoms with Crippen LogP contribution in [0.5, 0.6) is 0 Å². The van der Waals surface area contributed by atoms with E-state index in [0.29, 0.717) is 5.92 Å². The fourth-order valence-electron chi connectivity index (χ4n) is 3.01. The van der Waals surface area contributed by atoms with Crippen molar-refractivity contribution >= 4 is 0 Å². The van der Waals surface area contributed by atoms with Gasteiger partial charge in [0.05, 0.1) is 0 Å². The zero-order chi connectivity index (χ0) is 15.5. The van der Waals surface area contributed by atoms with Crippen LogP contribution in [0.2, 0.25) is 0 Å².